The van der Waals surface area contributed by atoms with Crippen LogP contribution in [0.5, 0.6) is 0 Å². The highest BCUT2D eigenvalue weighted by Crippen LogP contribution is 2.65. The van der Waals surface area contributed by atoms with Gasteiger partial charge in [-0.15, -0.1) is 0 Å². The number of benzene rings is 4. The highest BCUT2D eigenvalue weighted by Gasteiger charge is 2.79. The summed E-state index contributed by atoms with van der Waals surface area (Å²) in [7, 11) is 0. The largest absolute Gasteiger partial charge is 0.481 e. The van der Waals surface area contributed by atoms with Crippen LogP contribution >= 0.6 is 0 Å². The van der Waals surface area contributed by atoms with Gasteiger partial charge in [0.25, 0.3) is 5.91 Å². The highest BCUT2D eigenvalue weighted by atomic mass is 16.6. The Morgan fingerprint density at radius 3 is 1.88 bits per heavy atom. The third-order valence-corrected chi connectivity index (χ3v) is 17.5. The summed E-state index contributed by atoms with van der Waals surface area (Å²) in [6.07, 6.45) is -12.1. The molecule has 89 heavy (non-hydrogen) atoms. The average molecular weight is 1220 g/mol. The van der Waals surface area contributed by atoms with E-state index in [2.05, 4.69) is 15.6 Å². The predicted molar refractivity (Wildman–Crippen MR) is 312 cm³/mol. The van der Waals surface area contributed by atoms with E-state index in [1.165, 1.54) is 70.3 Å². The number of hydrogen-bond donors (Lipinski definition) is 4. The van der Waals surface area contributed by atoms with Crippen molar-refractivity contribution in [2.75, 3.05) is 6.61 Å². The van der Waals surface area contributed by atoms with Crippen LogP contribution in [0.15, 0.2) is 157 Å². The van der Waals surface area contributed by atoms with Crippen molar-refractivity contribution >= 4 is 59.4 Å². The zero-order valence-electron chi connectivity index (χ0n) is 49.8. The van der Waals surface area contributed by atoms with Gasteiger partial charge >= 0.3 is 41.8 Å². The molecule has 4 aliphatic rings. The van der Waals surface area contributed by atoms with Crippen LogP contribution in [0.2, 0.25) is 0 Å². The van der Waals surface area contributed by atoms with Gasteiger partial charge in [0, 0.05) is 44.7 Å². The normalized spacial score (nSPS) is 25.8. The monoisotopic (exact) mass is 1220 g/mol. The summed E-state index contributed by atoms with van der Waals surface area (Å²) in [5.41, 5.74) is -7.76. The van der Waals surface area contributed by atoms with Gasteiger partial charge in [0.2, 0.25) is 12.0 Å². The molecule has 0 spiro atoms. The molecule has 2 amide bonds. The summed E-state index contributed by atoms with van der Waals surface area (Å²) in [6.45, 7) is 7.62. The molecule has 3 aliphatic carbocycles. The van der Waals surface area contributed by atoms with Crippen LogP contribution in [0, 0.1) is 16.7 Å². The summed E-state index contributed by atoms with van der Waals surface area (Å²) in [4.78, 5) is 147. The fourth-order valence-electron chi connectivity index (χ4n) is 13.0. The third kappa shape index (κ3) is 13.2. The van der Waals surface area contributed by atoms with Crippen LogP contribution in [-0.4, -0.2) is 135 Å². The Balaban J connectivity index is 1.20. The van der Waals surface area contributed by atoms with E-state index in [0.717, 1.165) is 13.8 Å². The smallest absolute Gasteiger partial charge is 0.350 e. The van der Waals surface area contributed by atoms with Crippen molar-refractivity contribution in [2.45, 2.75) is 140 Å². The minimum absolute atomic E-state index is 0.0206. The number of fused-ring (bicyclic) bond motifs is 5. The van der Waals surface area contributed by atoms with Crippen molar-refractivity contribution in [3.05, 3.63) is 185 Å². The van der Waals surface area contributed by atoms with E-state index in [4.69, 9.17) is 33.2 Å². The van der Waals surface area contributed by atoms with E-state index in [9.17, 15) is 48.6 Å². The molecular weight excluding hydrogens is 1150 g/mol. The number of rotatable bonds is 21. The van der Waals surface area contributed by atoms with Crippen LogP contribution in [0.3, 0.4) is 0 Å². The molecule has 2 saturated carbocycles. The molecule has 1 aliphatic heterocycles. The van der Waals surface area contributed by atoms with E-state index >= 15 is 9.59 Å². The second-order valence-corrected chi connectivity index (χ2v) is 23.4. The summed E-state index contributed by atoms with van der Waals surface area (Å²) in [6, 6.07) is 33.5. The first kappa shape index (κ1) is 64.1. The Morgan fingerprint density at radius 1 is 0.719 bits per heavy atom. The van der Waals surface area contributed by atoms with Gasteiger partial charge in [-0.3, -0.25) is 43.3 Å². The Morgan fingerprint density at radius 2 is 1.31 bits per heavy atom. The molecule has 5 aromatic rings. The van der Waals surface area contributed by atoms with Crippen molar-refractivity contribution < 1.29 is 91.3 Å². The molecule has 22 nitrogen and oxygen atoms in total. The standard InChI is InChI=1S/C67H69N3O19/c1-38-47(85-63(81)56(87-52(76)34-42-23-13-8-14-24-42)54(43-25-15-9-16-26-43)70-61(79)46(30-31-50(73)74)69-60(78)45-29-19-20-32-68-45)36-67(82)59(88-62(80)44-27-17-10-18-28-44)57-65(6,58(77)55(84-39(2)71)53(38)64(67,4)5)48(35-49-66(57,37-83-49)89-40(3)72)86-51(75)33-41-21-11-7-12-22-41/h7-29,32,46-49,54-57,59,82H,30-31,33-37H2,1-6H3,(H,69,78)(H,70,79)(H,73,74)/t46-,47+,48+,49-,54+,55-,56-,57+,59+,65-,66+,67-/m1/s1. The Kier molecular flexibility index (Phi) is 19.1. The van der Waals surface area contributed by atoms with Crippen molar-refractivity contribution in [1.29, 1.82) is 0 Å². The molecule has 1 saturated heterocycles. The second-order valence-electron chi connectivity index (χ2n) is 23.4. The van der Waals surface area contributed by atoms with Crippen LogP contribution in [0.25, 0.3) is 0 Å². The highest BCUT2D eigenvalue weighted by molar-refractivity contribution is 5.97. The number of carboxylic acids is 1. The van der Waals surface area contributed by atoms with Crippen LogP contribution < -0.4 is 10.6 Å². The molecule has 22 heteroatoms. The topological polar surface area (TPSA) is 313 Å². The summed E-state index contributed by atoms with van der Waals surface area (Å²) in [5, 5.41) is 29.4. The zero-order chi connectivity index (χ0) is 64.0. The first-order valence-corrected chi connectivity index (χ1v) is 29.1. The number of carbonyl (C=O) groups excluding carboxylic acids is 9. The van der Waals surface area contributed by atoms with E-state index in [0.29, 0.717) is 11.1 Å². The fourth-order valence-corrected chi connectivity index (χ4v) is 13.0. The number of ether oxygens (including phenoxy) is 7. The number of nitrogens with one attached hydrogen (secondary N) is 2. The lowest BCUT2D eigenvalue weighted by molar-refractivity contribution is -0.346. The van der Waals surface area contributed by atoms with Crippen molar-refractivity contribution in [2.24, 2.45) is 16.7 Å². The number of hydrogen-bond acceptors (Lipinski definition) is 19. The maximum Gasteiger partial charge on any atom is 0.350 e. The van der Waals surface area contributed by atoms with Gasteiger partial charge in [-0.2, -0.15) is 0 Å². The number of ketones is 1. The molecule has 0 unspecified atom stereocenters. The van der Waals surface area contributed by atoms with E-state index in [1.807, 2.05) is 0 Å². The molecule has 2 heterocycles. The molecule has 0 radical (unpaired) electrons. The van der Waals surface area contributed by atoms with Gasteiger partial charge in [0.1, 0.15) is 47.8 Å². The number of aliphatic hydroxyl groups is 1. The molecule has 3 fully saturated rings. The number of pyridine rings is 1. The Hall–Kier alpha value is -9.41. The third-order valence-electron chi connectivity index (χ3n) is 17.5. The van der Waals surface area contributed by atoms with E-state index in [-0.39, 0.29) is 40.8 Å². The lowest BCUT2D eigenvalue weighted by Crippen LogP contribution is -2.82. The van der Waals surface area contributed by atoms with Gasteiger partial charge in [0.15, 0.2) is 17.5 Å². The van der Waals surface area contributed by atoms with Gasteiger partial charge in [0.05, 0.1) is 36.3 Å². The molecule has 4 aromatic carbocycles. The quantitative estimate of drug-likeness (QED) is 0.0368. The Bertz CT molecular complexity index is 3530. The van der Waals surface area contributed by atoms with Gasteiger partial charge in [-0.05, 0) is 72.4 Å². The van der Waals surface area contributed by atoms with Gasteiger partial charge in [-0.25, -0.2) is 9.59 Å². The Labute approximate surface area is 512 Å². The molecule has 2 bridgehead atoms. The summed E-state index contributed by atoms with van der Waals surface area (Å²) in [5.74, 6) is -11.9. The van der Waals surface area contributed by atoms with Crippen molar-refractivity contribution in [3.63, 3.8) is 0 Å². The SMILES string of the molecule is CC(=O)O[C@H]1C(=O)[C@]2(C)[C@@H](OC(=O)Cc3ccccc3)C[C@H]3OC[C@@]3(OC(C)=O)[C@H]2[C@H](OC(=O)c2ccccc2)[C@]2(O)C[C@H](OC(=O)[C@H](OC(=O)Cc3ccccc3)[C@@H](NC(=O)[C@@H](CCC(=O)O)NC(=O)c3ccccn3)c3ccccc3)C(C)=C1C2(C)C. The van der Waals surface area contributed by atoms with Crippen molar-refractivity contribution in [3.8, 4) is 0 Å². The minimum Gasteiger partial charge on any atom is -0.481 e. The average Bonchev–Trinajstić information content (AvgIpc) is 0.671. The van der Waals surface area contributed by atoms with Gasteiger partial charge in [-0.1, -0.05) is 129 Å². The predicted octanol–water partition coefficient (Wildman–Crippen LogP) is 6.07. The van der Waals surface area contributed by atoms with E-state index < -0.39 is 168 Å². The summed E-state index contributed by atoms with van der Waals surface area (Å²) < 4.78 is 44.2. The van der Waals surface area contributed by atoms with E-state index in [1.54, 1.807) is 103 Å². The number of amides is 2. The lowest BCUT2D eigenvalue weighted by atomic mass is 9.44. The van der Waals surface area contributed by atoms with Crippen LogP contribution in [0.4, 0.5) is 0 Å². The summed E-state index contributed by atoms with van der Waals surface area (Å²) >= 11 is 0. The number of aliphatic carboxylic acids is 1. The number of carboxylic acid groups (broad SMARTS) is 1. The molecule has 9 rings (SSSR count). The number of aromatic nitrogens is 1. The zero-order valence-corrected chi connectivity index (χ0v) is 49.8. The van der Waals surface area contributed by atoms with Crippen molar-refractivity contribution in [1.82, 2.24) is 15.6 Å². The molecule has 466 valence electrons. The number of carbonyl (C=O) groups is 10. The number of Topliss-reactive ketones (excluding diaryl/α,β-unsaturated/α-hetero) is 1. The maximum absolute atomic E-state index is 16.6. The number of esters is 6. The van der Waals surface area contributed by atoms with Gasteiger partial charge < -0.3 is 54.0 Å². The lowest BCUT2D eigenvalue weighted by Gasteiger charge is -2.67. The second kappa shape index (κ2) is 26.5. The first-order valence-electron chi connectivity index (χ1n) is 29.1. The minimum atomic E-state index is -2.62. The fraction of sp³-hybridized carbons (Fsp3) is 0.388. The van der Waals surface area contributed by atoms with Crippen LogP contribution in [-0.2, 0) is 84.4 Å². The molecule has 12 atom stereocenters. The number of nitrogens with zero attached hydrogens (tertiary/aromatic N) is 1. The first-order chi connectivity index (χ1) is 42.4. The maximum atomic E-state index is 16.6. The molecule has 4 N–H and O–H groups in total. The molecule has 1 aromatic heterocycles. The van der Waals surface area contributed by atoms with Crippen LogP contribution in [0.1, 0.15) is 111 Å². The molecular formula is C67H69N3O19.